The van der Waals surface area contributed by atoms with Crippen molar-refractivity contribution in [2.75, 3.05) is 12.3 Å². The van der Waals surface area contributed by atoms with Gasteiger partial charge in [0, 0.05) is 23.4 Å². The lowest BCUT2D eigenvalue weighted by atomic mass is 10.2. The van der Waals surface area contributed by atoms with Crippen LogP contribution in [0.1, 0.15) is 24.5 Å². The Labute approximate surface area is 147 Å². The summed E-state index contributed by atoms with van der Waals surface area (Å²) in [5, 5.41) is 2.70. The first-order valence-corrected chi connectivity index (χ1v) is 8.93. The van der Waals surface area contributed by atoms with Crippen molar-refractivity contribution in [1.82, 2.24) is 5.32 Å². The number of hydrogen-bond donors (Lipinski definition) is 1. The molecule has 24 heavy (non-hydrogen) atoms. The van der Waals surface area contributed by atoms with E-state index in [1.54, 1.807) is 11.8 Å². The minimum atomic E-state index is -0.415. The zero-order valence-corrected chi connectivity index (χ0v) is 14.6. The summed E-state index contributed by atoms with van der Waals surface area (Å²) in [5.41, 5.74) is 1.97. The van der Waals surface area contributed by atoms with E-state index in [0.717, 1.165) is 16.9 Å². The van der Waals surface area contributed by atoms with E-state index in [1.165, 1.54) is 4.90 Å². The molecular weight excluding hydrogens is 318 g/mol. The zero-order chi connectivity index (χ0) is 17.0. The van der Waals surface area contributed by atoms with Gasteiger partial charge in [-0.1, -0.05) is 55.2 Å². The van der Waals surface area contributed by atoms with Crippen molar-refractivity contribution < 1.29 is 9.53 Å². The van der Waals surface area contributed by atoms with Crippen molar-refractivity contribution in [3.63, 3.8) is 0 Å². The van der Waals surface area contributed by atoms with Crippen molar-refractivity contribution >= 4 is 17.9 Å². The fourth-order valence-electron chi connectivity index (χ4n) is 2.00. The molecule has 2 aromatic rings. The van der Waals surface area contributed by atoms with Gasteiger partial charge in [-0.25, -0.2) is 4.79 Å². The number of alkyl carbamates (subject to hydrolysis) is 1. The minimum absolute atomic E-state index is 0.278. The third-order valence-corrected chi connectivity index (χ3v) is 3.99. The summed E-state index contributed by atoms with van der Waals surface area (Å²) in [6, 6.07) is 17.8. The van der Waals surface area contributed by atoms with E-state index in [9.17, 15) is 4.79 Å². The predicted octanol–water partition coefficient (Wildman–Crippen LogP) is 4.47. The van der Waals surface area contributed by atoms with Gasteiger partial charge in [0.05, 0.1) is 0 Å². The maximum absolute atomic E-state index is 11.6. The van der Waals surface area contributed by atoms with Crippen molar-refractivity contribution in [1.29, 1.82) is 0 Å². The Morgan fingerprint density at radius 1 is 1.17 bits per heavy atom. The SMILES string of the molecule is CCSc1cccc(C#CCCNC(=O)OCc2ccccc2)c1. The summed E-state index contributed by atoms with van der Waals surface area (Å²) >= 11 is 1.80. The molecule has 0 fully saturated rings. The molecule has 0 aliphatic carbocycles. The van der Waals surface area contributed by atoms with Crippen LogP contribution in [0, 0.1) is 11.8 Å². The largest absolute Gasteiger partial charge is 0.445 e. The summed E-state index contributed by atoms with van der Waals surface area (Å²) in [7, 11) is 0. The Hall–Kier alpha value is -2.38. The Balaban J connectivity index is 1.67. The first kappa shape index (κ1) is 18.0. The zero-order valence-electron chi connectivity index (χ0n) is 13.7. The van der Waals surface area contributed by atoms with E-state index >= 15 is 0 Å². The van der Waals surface area contributed by atoms with Crippen LogP contribution in [0.5, 0.6) is 0 Å². The number of carbonyl (C=O) groups is 1. The lowest BCUT2D eigenvalue weighted by Crippen LogP contribution is -2.24. The molecule has 0 aromatic heterocycles. The quantitative estimate of drug-likeness (QED) is 0.479. The Bertz CT molecular complexity index is 704. The van der Waals surface area contributed by atoms with Crippen LogP contribution in [0.3, 0.4) is 0 Å². The molecule has 1 amide bonds. The van der Waals surface area contributed by atoms with Crippen LogP contribution in [0.4, 0.5) is 4.79 Å². The second kappa shape index (κ2) is 10.4. The molecule has 4 heteroatoms. The number of nitrogens with one attached hydrogen (secondary N) is 1. The van der Waals surface area contributed by atoms with Crippen LogP contribution in [0.2, 0.25) is 0 Å². The predicted molar refractivity (Wildman–Crippen MR) is 99.0 cm³/mol. The molecule has 124 valence electrons. The molecule has 0 saturated carbocycles. The van der Waals surface area contributed by atoms with E-state index in [-0.39, 0.29) is 6.61 Å². The fraction of sp³-hybridized carbons (Fsp3) is 0.250. The highest BCUT2D eigenvalue weighted by atomic mass is 32.2. The van der Waals surface area contributed by atoms with Crippen LogP contribution in [0.15, 0.2) is 59.5 Å². The van der Waals surface area contributed by atoms with Gasteiger partial charge in [-0.15, -0.1) is 11.8 Å². The number of thioether (sulfide) groups is 1. The van der Waals surface area contributed by atoms with Gasteiger partial charge < -0.3 is 10.1 Å². The molecule has 0 heterocycles. The monoisotopic (exact) mass is 339 g/mol. The number of benzene rings is 2. The fourth-order valence-corrected chi connectivity index (χ4v) is 2.71. The van der Waals surface area contributed by atoms with Crippen molar-refractivity contribution in [3.8, 4) is 11.8 Å². The molecule has 0 spiro atoms. The molecule has 0 unspecified atom stereocenters. The summed E-state index contributed by atoms with van der Waals surface area (Å²) in [4.78, 5) is 12.8. The Morgan fingerprint density at radius 2 is 2.00 bits per heavy atom. The third kappa shape index (κ3) is 6.80. The van der Waals surface area contributed by atoms with E-state index in [1.807, 2.05) is 42.5 Å². The van der Waals surface area contributed by atoms with Crippen molar-refractivity contribution in [2.24, 2.45) is 0 Å². The number of rotatable bonds is 6. The molecule has 0 radical (unpaired) electrons. The average Bonchev–Trinajstić information content (AvgIpc) is 2.61. The number of ether oxygens (including phenoxy) is 1. The second-order valence-electron chi connectivity index (χ2n) is 5.00. The highest BCUT2D eigenvalue weighted by Gasteiger charge is 2.00. The molecule has 0 atom stereocenters. The normalized spacial score (nSPS) is 9.71. The molecule has 2 aromatic carbocycles. The van der Waals surface area contributed by atoms with Gasteiger partial charge in [-0.05, 0) is 29.5 Å². The number of hydrogen-bond acceptors (Lipinski definition) is 3. The molecule has 2 rings (SSSR count). The molecule has 0 aliphatic heterocycles. The first-order valence-electron chi connectivity index (χ1n) is 7.94. The number of carbonyl (C=O) groups excluding carboxylic acids is 1. The van der Waals surface area contributed by atoms with Crippen LogP contribution < -0.4 is 5.32 Å². The van der Waals surface area contributed by atoms with Gasteiger partial charge in [0.25, 0.3) is 0 Å². The summed E-state index contributed by atoms with van der Waals surface area (Å²) < 4.78 is 5.13. The van der Waals surface area contributed by atoms with Gasteiger partial charge in [0.1, 0.15) is 6.61 Å². The molecule has 0 saturated heterocycles. The summed E-state index contributed by atoms with van der Waals surface area (Å²) in [6.07, 6.45) is 0.174. The highest BCUT2D eigenvalue weighted by Crippen LogP contribution is 2.17. The van der Waals surface area contributed by atoms with E-state index in [4.69, 9.17) is 4.74 Å². The lowest BCUT2D eigenvalue weighted by molar-refractivity contribution is 0.140. The Kier molecular flexibility index (Phi) is 7.79. The van der Waals surface area contributed by atoms with Crippen molar-refractivity contribution in [3.05, 3.63) is 65.7 Å². The van der Waals surface area contributed by atoms with Gasteiger partial charge in [-0.3, -0.25) is 0 Å². The highest BCUT2D eigenvalue weighted by molar-refractivity contribution is 7.99. The number of amides is 1. The molecular formula is C20H21NO2S. The molecule has 3 nitrogen and oxygen atoms in total. The van der Waals surface area contributed by atoms with Gasteiger partial charge in [0.2, 0.25) is 0 Å². The Morgan fingerprint density at radius 3 is 2.79 bits per heavy atom. The maximum Gasteiger partial charge on any atom is 0.407 e. The van der Waals surface area contributed by atoms with E-state index < -0.39 is 6.09 Å². The van der Waals surface area contributed by atoms with Crippen molar-refractivity contribution in [2.45, 2.75) is 24.8 Å². The summed E-state index contributed by atoms with van der Waals surface area (Å²) in [5.74, 6) is 7.24. The van der Waals surface area contributed by atoms with Gasteiger partial charge in [-0.2, -0.15) is 0 Å². The van der Waals surface area contributed by atoms with E-state index in [0.29, 0.717) is 13.0 Å². The van der Waals surface area contributed by atoms with Gasteiger partial charge >= 0.3 is 6.09 Å². The van der Waals surface area contributed by atoms with Crippen LogP contribution in [-0.2, 0) is 11.3 Å². The standard InChI is InChI=1S/C20H21NO2S/c1-2-24-19-13-8-12-17(15-19)9-6-7-14-21-20(22)23-16-18-10-4-3-5-11-18/h3-5,8,10-13,15H,2,7,14,16H2,1H3,(H,21,22). The van der Waals surface area contributed by atoms with Crippen LogP contribution in [-0.4, -0.2) is 18.4 Å². The lowest BCUT2D eigenvalue weighted by Gasteiger charge is -2.05. The maximum atomic E-state index is 11.6. The smallest absolute Gasteiger partial charge is 0.407 e. The van der Waals surface area contributed by atoms with Gasteiger partial charge in [0.15, 0.2) is 0 Å². The average molecular weight is 339 g/mol. The topological polar surface area (TPSA) is 38.3 Å². The molecule has 0 aliphatic rings. The third-order valence-electron chi connectivity index (χ3n) is 3.11. The van der Waals surface area contributed by atoms with Crippen LogP contribution in [0.25, 0.3) is 0 Å². The minimum Gasteiger partial charge on any atom is -0.445 e. The first-order chi connectivity index (χ1) is 11.8. The van der Waals surface area contributed by atoms with Crippen LogP contribution >= 0.6 is 11.8 Å². The van der Waals surface area contributed by atoms with E-state index in [2.05, 4.69) is 36.2 Å². The summed E-state index contributed by atoms with van der Waals surface area (Å²) in [6.45, 7) is 2.88. The second-order valence-corrected chi connectivity index (χ2v) is 6.34. The molecule has 1 N–H and O–H groups in total. The molecule has 0 bridgehead atoms.